The highest BCUT2D eigenvalue weighted by Gasteiger charge is 2.19. The summed E-state index contributed by atoms with van der Waals surface area (Å²) in [6.45, 7) is 0. The first-order valence-corrected chi connectivity index (χ1v) is 6.92. The van der Waals surface area contributed by atoms with E-state index in [-0.39, 0.29) is 16.7 Å². The van der Waals surface area contributed by atoms with E-state index in [1.807, 2.05) is 6.07 Å². The van der Waals surface area contributed by atoms with E-state index in [1.54, 1.807) is 0 Å². The Kier molecular flexibility index (Phi) is 3.51. The van der Waals surface area contributed by atoms with E-state index in [9.17, 15) is 4.39 Å². The van der Waals surface area contributed by atoms with E-state index >= 15 is 0 Å². The number of nitrogen functional groups attached to an aromatic ring is 1. The largest absolute Gasteiger partial charge is 0.438 e. The second-order valence-electron chi connectivity index (χ2n) is 4.89. The van der Waals surface area contributed by atoms with Crippen molar-refractivity contribution in [2.24, 2.45) is 5.73 Å². The van der Waals surface area contributed by atoms with Crippen LogP contribution >= 0.6 is 11.6 Å². The highest BCUT2D eigenvalue weighted by molar-refractivity contribution is 6.30. The Labute approximate surface area is 126 Å². The quantitative estimate of drug-likeness (QED) is 0.674. The van der Waals surface area contributed by atoms with E-state index in [2.05, 4.69) is 4.98 Å². The van der Waals surface area contributed by atoms with Crippen molar-refractivity contribution in [2.45, 2.75) is 19.3 Å². The molecule has 1 aromatic carbocycles. The summed E-state index contributed by atoms with van der Waals surface area (Å²) in [5.74, 6) is -0.0155. The molecule has 1 heterocycles. The van der Waals surface area contributed by atoms with Gasteiger partial charge in [-0.05, 0) is 43.0 Å². The van der Waals surface area contributed by atoms with Crippen molar-refractivity contribution in [3.8, 4) is 11.6 Å². The van der Waals surface area contributed by atoms with Crippen LogP contribution in [0.15, 0.2) is 24.3 Å². The summed E-state index contributed by atoms with van der Waals surface area (Å²) in [5, 5.41) is 7.62. The third-order valence-corrected chi connectivity index (χ3v) is 3.70. The van der Waals surface area contributed by atoms with Crippen molar-refractivity contribution in [1.29, 1.82) is 5.41 Å². The number of ether oxygens (including phenoxy) is 1. The molecule has 0 atom stereocenters. The van der Waals surface area contributed by atoms with Gasteiger partial charge in [-0.25, -0.2) is 9.37 Å². The van der Waals surface area contributed by atoms with Gasteiger partial charge < -0.3 is 10.5 Å². The highest BCUT2D eigenvalue weighted by atomic mass is 35.5. The first kappa shape index (κ1) is 13.8. The molecule has 1 aliphatic carbocycles. The van der Waals surface area contributed by atoms with Gasteiger partial charge in [-0.3, -0.25) is 5.41 Å². The summed E-state index contributed by atoms with van der Waals surface area (Å²) in [6.07, 6.45) is 2.85. The van der Waals surface area contributed by atoms with Crippen LogP contribution in [-0.2, 0) is 12.8 Å². The number of aromatic nitrogens is 1. The number of pyridine rings is 1. The number of nitrogens with one attached hydrogen (secondary N) is 1. The molecule has 3 rings (SSSR count). The fourth-order valence-corrected chi connectivity index (χ4v) is 2.55. The second-order valence-corrected chi connectivity index (χ2v) is 5.30. The van der Waals surface area contributed by atoms with Crippen LogP contribution in [0.1, 0.15) is 23.2 Å². The molecule has 0 saturated heterocycles. The van der Waals surface area contributed by atoms with Crippen LogP contribution in [0.4, 0.5) is 4.39 Å². The maximum Gasteiger partial charge on any atom is 0.230 e. The summed E-state index contributed by atoms with van der Waals surface area (Å²) in [5.41, 5.74) is 8.10. The fourth-order valence-electron chi connectivity index (χ4n) is 2.38. The number of halogens is 2. The number of hydrogen-bond donors (Lipinski definition) is 2. The molecule has 3 N–H and O–H groups in total. The van der Waals surface area contributed by atoms with Crippen LogP contribution in [0.25, 0.3) is 0 Å². The molecule has 0 bridgehead atoms. The topological polar surface area (TPSA) is 72.0 Å². The number of nitrogens with two attached hydrogens (primary N) is 1. The molecule has 0 saturated carbocycles. The molecule has 0 fully saturated rings. The first-order chi connectivity index (χ1) is 10.0. The Morgan fingerprint density at radius 2 is 2.14 bits per heavy atom. The summed E-state index contributed by atoms with van der Waals surface area (Å²) < 4.78 is 18.8. The summed E-state index contributed by atoms with van der Waals surface area (Å²) in [6, 6.07) is 5.90. The van der Waals surface area contributed by atoms with Gasteiger partial charge in [0.15, 0.2) is 0 Å². The molecule has 0 amide bonds. The molecule has 1 aliphatic rings. The molecule has 108 valence electrons. The number of benzene rings is 1. The molecule has 4 nitrogen and oxygen atoms in total. The molecule has 21 heavy (non-hydrogen) atoms. The van der Waals surface area contributed by atoms with Crippen LogP contribution in [0.2, 0.25) is 5.02 Å². The van der Waals surface area contributed by atoms with E-state index in [4.69, 9.17) is 27.5 Å². The lowest BCUT2D eigenvalue weighted by atomic mass is 10.1. The van der Waals surface area contributed by atoms with Gasteiger partial charge in [0.25, 0.3) is 0 Å². The van der Waals surface area contributed by atoms with Crippen molar-refractivity contribution in [2.75, 3.05) is 0 Å². The maximum atomic E-state index is 13.2. The second kappa shape index (κ2) is 5.33. The summed E-state index contributed by atoms with van der Waals surface area (Å²) in [4.78, 5) is 4.44. The smallest absolute Gasteiger partial charge is 0.230 e. The minimum absolute atomic E-state index is 0.0296. The van der Waals surface area contributed by atoms with Crippen molar-refractivity contribution in [1.82, 2.24) is 4.98 Å². The Balaban J connectivity index is 2.01. The van der Waals surface area contributed by atoms with Gasteiger partial charge in [0.2, 0.25) is 5.88 Å². The molecule has 0 spiro atoms. The maximum absolute atomic E-state index is 13.2. The van der Waals surface area contributed by atoms with Gasteiger partial charge in [0, 0.05) is 11.8 Å². The zero-order valence-electron chi connectivity index (χ0n) is 11.1. The predicted molar refractivity (Wildman–Crippen MR) is 78.8 cm³/mol. The van der Waals surface area contributed by atoms with E-state index < -0.39 is 5.82 Å². The lowest BCUT2D eigenvalue weighted by Gasteiger charge is -2.12. The van der Waals surface area contributed by atoms with Gasteiger partial charge in [-0.15, -0.1) is 0 Å². The van der Waals surface area contributed by atoms with E-state index in [1.165, 1.54) is 18.2 Å². The number of aryl methyl sites for hydroxylation is 2. The van der Waals surface area contributed by atoms with Gasteiger partial charge in [0.1, 0.15) is 17.4 Å². The molecule has 2 aromatic rings. The third-order valence-electron chi connectivity index (χ3n) is 3.41. The normalized spacial score (nSPS) is 13.0. The van der Waals surface area contributed by atoms with E-state index in [0.717, 1.165) is 30.5 Å². The van der Waals surface area contributed by atoms with Gasteiger partial charge >= 0.3 is 0 Å². The zero-order chi connectivity index (χ0) is 15.0. The Hall–Kier alpha value is -2.14. The van der Waals surface area contributed by atoms with Crippen molar-refractivity contribution >= 4 is 17.4 Å². The van der Waals surface area contributed by atoms with Crippen molar-refractivity contribution < 1.29 is 9.13 Å². The Morgan fingerprint density at radius 1 is 1.33 bits per heavy atom. The van der Waals surface area contributed by atoms with Gasteiger partial charge in [-0.1, -0.05) is 11.6 Å². The minimum Gasteiger partial charge on any atom is -0.438 e. The van der Waals surface area contributed by atoms with Gasteiger partial charge in [-0.2, -0.15) is 0 Å². The van der Waals surface area contributed by atoms with Crippen molar-refractivity contribution in [3.63, 3.8) is 0 Å². The third kappa shape index (κ3) is 2.69. The molecule has 6 heteroatoms. The molecule has 0 aliphatic heterocycles. The average Bonchev–Trinajstić information content (AvgIpc) is 2.89. The molecule has 1 aromatic heterocycles. The average molecular weight is 306 g/mol. The monoisotopic (exact) mass is 305 g/mol. The summed E-state index contributed by atoms with van der Waals surface area (Å²) >= 11 is 5.73. The molecular formula is C15H13ClFN3O. The highest BCUT2D eigenvalue weighted by Crippen LogP contribution is 2.31. The molecule has 0 radical (unpaired) electrons. The molecular weight excluding hydrogens is 293 g/mol. The van der Waals surface area contributed by atoms with Crippen LogP contribution in [-0.4, -0.2) is 10.8 Å². The zero-order valence-corrected chi connectivity index (χ0v) is 11.9. The first-order valence-electron chi connectivity index (χ1n) is 6.54. The number of fused-ring (bicyclic) bond motifs is 1. The van der Waals surface area contributed by atoms with Crippen LogP contribution in [0.3, 0.4) is 0 Å². The molecule has 0 unspecified atom stereocenters. The van der Waals surface area contributed by atoms with Gasteiger partial charge in [0.05, 0.1) is 10.6 Å². The SMILES string of the molecule is N=C(N)c1cc2c(nc1Oc1ccc(F)c(Cl)c1)CCC2. The minimum atomic E-state index is -0.516. The standard InChI is InChI=1S/C15H13ClFN3O/c16-11-7-9(4-5-12(11)17)21-15-10(14(18)19)6-8-2-1-3-13(8)20-15/h4-7H,1-3H2,(H3,18,19). The van der Waals surface area contributed by atoms with E-state index in [0.29, 0.717) is 11.3 Å². The predicted octanol–water partition coefficient (Wildman–Crippen LogP) is 3.44. The Bertz CT molecular complexity index is 733. The Morgan fingerprint density at radius 3 is 2.86 bits per heavy atom. The lowest BCUT2D eigenvalue weighted by molar-refractivity contribution is 0.458. The van der Waals surface area contributed by atoms with Crippen LogP contribution < -0.4 is 10.5 Å². The number of hydrogen-bond acceptors (Lipinski definition) is 3. The number of rotatable bonds is 3. The van der Waals surface area contributed by atoms with Crippen LogP contribution in [0, 0.1) is 11.2 Å². The van der Waals surface area contributed by atoms with Crippen molar-refractivity contribution in [3.05, 3.63) is 51.9 Å². The number of nitrogens with zero attached hydrogens (tertiary/aromatic N) is 1. The number of amidine groups is 1. The lowest BCUT2D eigenvalue weighted by Crippen LogP contribution is -2.14. The summed E-state index contributed by atoms with van der Waals surface area (Å²) in [7, 11) is 0. The van der Waals surface area contributed by atoms with Crippen LogP contribution in [0.5, 0.6) is 11.6 Å². The fraction of sp³-hybridized carbons (Fsp3) is 0.200.